The van der Waals surface area contributed by atoms with Gasteiger partial charge in [0.25, 0.3) is 5.91 Å². The van der Waals surface area contributed by atoms with E-state index in [2.05, 4.69) is 20.3 Å². The number of aromatic nitrogens is 3. The first-order valence-electron chi connectivity index (χ1n) is 8.24. The van der Waals surface area contributed by atoms with Gasteiger partial charge in [0, 0.05) is 11.3 Å². The van der Waals surface area contributed by atoms with Crippen LogP contribution in [-0.2, 0) is 6.54 Å². The van der Waals surface area contributed by atoms with Crippen molar-refractivity contribution in [1.29, 1.82) is 0 Å². The zero-order valence-electron chi connectivity index (χ0n) is 13.9. The molecular formula is C20H17N5O. The van der Waals surface area contributed by atoms with Crippen LogP contribution in [0.4, 0.5) is 5.69 Å². The Kier molecular flexibility index (Phi) is 4.07. The molecule has 26 heavy (non-hydrogen) atoms. The van der Waals surface area contributed by atoms with Crippen molar-refractivity contribution in [2.75, 3.05) is 5.73 Å². The first-order valence-corrected chi connectivity index (χ1v) is 8.24. The van der Waals surface area contributed by atoms with Crippen molar-refractivity contribution in [3.05, 3.63) is 78.2 Å². The maximum Gasteiger partial charge on any atom is 0.270 e. The van der Waals surface area contributed by atoms with Gasteiger partial charge in [-0.25, -0.2) is 9.97 Å². The minimum Gasteiger partial charge on any atom is -0.399 e. The highest BCUT2D eigenvalue weighted by atomic mass is 16.1. The summed E-state index contributed by atoms with van der Waals surface area (Å²) in [7, 11) is 0. The number of carbonyl (C=O) groups excluding carboxylic acids is 1. The second-order valence-electron chi connectivity index (χ2n) is 5.92. The van der Waals surface area contributed by atoms with Gasteiger partial charge in [-0.15, -0.1) is 0 Å². The van der Waals surface area contributed by atoms with E-state index in [4.69, 9.17) is 5.73 Å². The number of H-pyrrole nitrogens is 1. The average Bonchev–Trinajstić information content (AvgIpc) is 3.09. The maximum absolute atomic E-state index is 12.4. The lowest BCUT2D eigenvalue weighted by Gasteiger charge is -2.06. The van der Waals surface area contributed by atoms with E-state index in [1.165, 1.54) is 0 Å². The minimum atomic E-state index is -0.254. The lowest BCUT2D eigenvalue weighted by atomic mass is 10.1. The molecular weight excluding hydrogens is 326 g/mol. The van der Waals surface area contributed by atoms with Crippen LogP contribution >= 0.6 is 0 Å². The molecule has 0 fully saturated rings. The number of hydrogen-bond donors (Lipinski definition) is 3. The Morgan fingerprint density at radius 3 is 2.69 bits per heavy atom. The van der Waals surface area contributed by atoms with Crippen molar-refractivity contribution in [2.45, 2.75) is 6.54 Å². The Morgan fingerprint density at radius 2 is 1.85 bits per heavy atom. The summed E-state index contributed by atoms with van der Waals surface area (Å²) < 4.78 is 0. The van der Waals surface area contributed by atoms with Gasteiger partial charge in [0.1, 0.15) is 11.5 Å². The van der Waals surface area contributed by atoms with Gasteiger partial charge >= 0.3 is 0 Å². The summed E-state index contributed by atoms with van der Waals surface area (Å²) in [6.07, 6.45) is 0. The van der Waals surface area contributed by atoms with Gasteiger partial charge in [-0.1, -0.05) is 30.3 Å². The fraction of sp³-hybridized carbons (Fsp3) is 0.0500. The first-order chi connectivity index (χ1) is 12.7. The summed E-state index contributed by atoms with van der Waals surface area (Å²) in [5, 5.41) is 2.85. The van der Waals surface area contributed by atoms with Gasteiger partial charge in [0.15, 0.2) is 0 Å². The van der Waals surface area contributed by atoms with Crippen molar-refractivity contribution >= 4 is 22.6 Å². The van der Waals surface area contributed by atoms with Crippen molar-refractivity contribution in [1.82, 2.24) is 20.3 Å². The molecule has 0 bridgehead atoms. The molecule has 0 saturated carbocycles. The summed E-state index contributed by atoms with van der Waals surface area (Å²) in [4.78, 5) is 24.5. The number of nitrogens with one attached hydrogen (secondary N) is 2. The van der Waals surface area contributed by atoms with E-state index in [0.29, 0.717) is 29.4 Å². The summed E-state index contributed by atoms with van der Waals surface area (Å²) in [5.74, 6) is 0.447. The number of nitrogen functional groups attached to an aromatic ring is 1. The summed E-state index contributed by atoms with van der Waals surface area (Å²) >= 11 is 0. The number of para-hydroxylation sites is 2. The Balaban J connectivity index is 1.50. The van der Waals surface area contributed by atoms with Crippen molar-refractivity contribution in [2.24, 2.45) is 0 Å². The lowest BCUT2D eigenvalue weighted by Crippen LogP contribution is -2.24. The fourth-order valence-electron chi connectivity index (χ4n) is 2.76. The number of nitrogens with zero attached hydrogens (tertiary/aromatic N) is 2. The second-order valence-corrected chi connectivity index (χ2v) is 5.92. The van der Waals surface area contributed by atoms with Crippen LogP contribution in [0.5, 0.6) is 0 Å². The van der Waals surface area contributed by atoms with E-state index in [-0.39, 0.29) is 5.91 Å². The number of anilines is 1. The van der Waals surface area contributed by atoms with E-state index < -0.39 is 0 Å². The molecule has 4 N–H and O–H groups in total. The summed E-state index contributed by atoms with van der Waals surface area (Å²) in [5.41, 5.74) is 10.2. The quantitative estimate of drug-likeness (QED) is 0.496. The number of carbonyl (C=O) groups is 1. The third-order valence-electron chi connectivity index (χ3n) is 4.02. The van der Waals surface area contributed by atoms with Gasteiger partial charge in [0.05, 0.1) is 23.3 Å². The van der Waals surface area contributed by atoms with E-state index in [0.717, 1.165) is 16.6 Å². The van der Waals surface area contributed by atoms with Gasteiger partial charge in [-0.3, -0.25) is 4.79 Å². The maximum atomic E-state index is 12.4. The molecule has 0 radical (unpaired) electrons. The highest BCUT2D eigenvalue weighted by Crippen LogP contribution is 2.19. The monoisotopic (exact) mass is 343 g/mol. The molecule has 4 rings (SSSR count). The van der Waals surface area contributed by atoms with Crippen molar-refractivity contribution < 1.29 is 4.79 Å². The van der Waals surface area contributed by atoms with Crippen LogP contribution < -0.4 is 11.1 Å². The molecule has 2 aromatic carbocycles. The van der Waals surface area contributed by atoms with Gasteiger partial charge in [-0.2, -0.15) is 0 Å². The molecule has 0 spiro atoms. The molecule has 0 unspecified atom stereocenters. The SMILES string of the molecule is Nc1cccc(-c2cccc(C(=O)NCc3nc4ccccc4[nH]3)n2)c1. The largest absolute Gasteiger partial charge is 0.399 e. The second kappa shape index (κ2) is 6.68. The molecule has 2 aromatic heterocycles. The number of amides is 1. The number of imidazole rings is 1. The lowest BCUT2D eigenvalue weighted by molar-refractivity contribution is 0.0945. The normalized spacial score (nSPS) is 10.8. The van der Waals surface area contributed by atoms with E-state index >= 15 is 0 Å². The number of rotatable bonds is 4. The van der Waals surface area contributed by atoms with Gasteiger partial charge < -0.3 is 16.0 Å². The molecule has 0 aliphatic heterocycles. The van der Waals surface area contributed by atoms with Crippen LogP contribution in [-0.4, -0.2) is 20.9 Å². The average molecular weight is 343 g/mol. The predicted molar refractivity (Wildman–Crippen MR) is 101 cm³/mol. The zero-order valence-corrected chi connectivity index (χ0v) is 13.9. The van der Waals surface area contributed by atoms with E-state index in [1.54, 1.807) is 6.07 Å². The smallest absolute Gasteiger partial charge is 0.270 e. The third-order valence-corrected chi connectivity index (χ3v) is 4.02. The molecule has 6 heteroatoms. The van der Waals surface area contributed by atoms with Crippen LogP contribution in [0.25, 0.3) is 22.3 Å². The summed E-state index contributed by atoms with van der Waals surface area (Å²) in [6, 6.07) is 20.5. The van der Waals surface area contributed by atoms with Crippen molar-refractivity contribution in [3.63, 3.8) is 0 Å². The Labute approximate surface area is 150 Å². The molecule has 4 aromatic rings. The fourth-order valence-corrected chi connectivity index (χ4v) is 2.76. The molecule has 0 aliphatic rings. The molecule has 1 amide bonds. The summed E-state index contributed by atoms with van der Waals surface area (Å²) in [6.45, 7) is 0.303. The van der Waals surface area contributed by atoms with Crippen LogP contribution in [0, 0.1) is 0 Å². The Hall–Kier alpha value is -3.67. The molecule has 128 valence electrons. The number of pyridine rings is 1. The van der Waals surface area contributed by atoms with Gasteiger partial charge in [0.2, 0.25) is 0 Å². The van der Waals surface area contributed by atoms with Crippen LogP contribution in [0.2, 0.25) is 0 Å². The number of benzene rings is 2. The van der Waals surface area contributed by atoms with Crippen molar-refractivity contribution in [3.8, 4) is 11.3 Å². The third kappa shape index (κ3) is 3.25. The molecule has 6 nitrogen and oxygen atoms in total. The van der Waals surface area contributed by atoms with Crippen LogP contribution in [0.3, 0.4) is 0 Å². The Morgan fingerprint density at radius 1 is 1.00 bits per heavy atom. The minimum absolute atomic E-state index is 0.254. The highest BCUT2D eigenvalue weighted by molar-refractivity contribution is 5.92. The first kappa shape index (κ1) is 15.8. The topological polar surface area (TPSA) is 96.7 Å². The molecule has 0 saturated heterocycles. The highest BCUT2D eigenvalue weighted by Gasteiger charge is 2.10. The number of fused-ring (bicyclic) bond motifs is 1. The van der Waals surface area contributed by atoms with Gasteiger partial charge in [-0.05, 0) is 36.4 Å². The zero-order chi connectivity index (χ0) is 17.9. The van der Waals surface area contributed by atoms with E-state index in [9.17, 15) is 4.79 Å². The number of aromatic amines is 1. The molecule has 2 heterocycles. The number of hydrogen-bond acceptors (Lipinski definition) is 4. The van der Waals surface area contributed by atoms with E-state index in [1.807, 2.05) is 60.7 Å². The standard InChI is InChI=1S/C20H17N5O/c21-14-6-3-5-13(11-14)15-9-4-10-18(23-15)20(26)22-12-19-24-16-7-1-2-8-17(16)25-19/h1-11H,12,21H2,(H,22,26)(H,24,25). The predicted octanol–water partition coefficient (Wildman–Crippen LogP) is 3.14. The van der Waals surface area contributed by atoms with Crippen LogP contribution in [0.15, 0.2) is 66.7 Å². The Bertz CT molecular complexity index is 1050. The molecule has 0 aliphatic carbocycles. The molecule has 0 atom stereocenters. The van der Waals surface area contributed by atoms with Crippen LogP contribution in [0.1, 0.15) is 16.3 Å². The number of nitrogens with two attached hydrogens (primary N) is 1.